The third-order valence-electron chi connectivity index (χ3n) is 5.15. The second-order valence-corrected chi connectivity index (χ2v) is 7.43. The molecule has 3 aromatic heterocycles. The maximum atomic E-state index is 13.4. The van der Waals surface area contributed by atoms with Crippen LogP contribution in [0.3, 0.4) is 0 Å². The Balaban J connectivity index is 1.49. The van der Waals surface area contributed by atoms with E-state index in [9.17, 15) is 4.79 Å². The van der Waals surface area contributed by atoms with E-state index in [1.807, 2.05) is 24.3 Å². The SMILES string of the molecule is O=C(c1ccc(-n2nnc3cccnc32)cc1)N(c1ncccc1Cl)[C@H]1CCNC1. The predicted octanol–water partition coefficient (Wildman–Crippen LogP) is 2.87. The Kier molecular flexibility index (Phi) is 4.86. The number of nitrogens with zero attached hydrogens (tertiary/aromatic N) is 6. The lowest BCUT2D eigenvalue weighted by molar-refractivity contribution is 0.0977. The fraction of sp³-hybridized carbons (Fsp3) is 0.190. The molecule has 0 saturated carbocycles. The van der Waals surface area contributed by atoms with Crippen LogP contribution in [0.2, 0.25) is 5.02 Å². The van der Waals surface area contributed by atoms with Crippen molar-refractivity contribution in [2.45, 2.75) is 12.5 Å². The van der Waals surface area contributed by atoms with Crippen LogP contribution in [0.15, 0.2) is 60.9 Å². The Morgan fingerprint density at radius 1 is 1.10 bits per heavy atom. The minimum absolute atomic E-state index is 0.00645. The van der Waals surface area contributed by atoms with E-state index in [1.165, 1.54) is 0 Å². The van der Waals surface area contributed by atoms with Crippen molar-refractivity contribution in [1.82, 2.24) is 30.3 Å². The number of halogens is 1. The summed E-state index contributed by atoms with van der Waals surface area (Å²) in [6.45, 7) is 1.55. The van der Waals surface area contributed by atoms with E-state index in [0.717, 1.165) is 18.7 Å². The number of anilines is 1. The number of hydrogen-bond acceptors (Lipinski definition) is 6. The highest BCUT2D eigenvalue weighted by Gasteiger charge is 2.31. The molecule has 9 heteroatoms. The summed E-state index contributed by atoms with van der Waals surface area (Å²) >= 11 is 6.37. The van der Waals surface area contributed by atoms with Crippen LogP contribution in [0.4, 0.5) is 5.82 Å². The van der Waals surface area contributed by atoms with E-state index < -0.39 is 0 Å². The molecule has 30 heavy (non-hydrogen) atoms. The van der Waals surface area contributed by atoms with Gasteiger partial charge in [-0.2, -0.15) is 4.68 Å². The highest BCUT2D eigenvalue weighted by atomic mass is 35.5. The van der Waals surface area contributed by atoms with Gasteiger partial charge in [0.25, 0.3) is 5.91 Å². The molecule has 4 aromatic rings. The quantitative estimate of drug-likeness (QED) is 0.547. The third-order valence-corrected chi connectivity index (χ3v) is 5.45. The van der Waals surface area contributed by atoms with Gasteiger partial charge in [0.15, 0.2) is 11.5 Å². The lowest BCUT2D eigenvalue weighted by Gasteiger charge is -2.28. The summed E-state index contributed by atoms with van der Waals surface area (Å²) in [7, 11) is 0. The van der Waals surface area contributed by atoms with Crippen LogP contribution >= 0.6 is 11.6 Å². The molecule has 0 aliphatic carbocycles. The number of rotatable bonds is 4. The maximum absolute atomic E-state index is 13.4. The average molecular weight is 420 g/mol. The first-order valence-electron chi connectivity index (χ1n) is 9.64. The Labute approximate surface area is 177 Å². The molecule has 0 unspecified atom stereocenters. The second kappa shape index (κ2) is 7.81. The smallest absolute Gasteiger partial charge is 0.259 e. The number of fused-ring (bicyclic) bond motifs is 1. The van der Waals surface area contributed by atoms with Crippen LogP contribution in [0.25, 0.3) is 16.9 Å². The summed E-state index contributed by atoms with van der Waals surface area (Å²) in [4.78, 5) is 23.9. The Bertz CT molecular complexity index is 1200. The Morgan fingerprint density at radius 3 is 2.67 bits per heavy atom. The monoisotopic (exact) mass is 419 g/mol. The minimum atomic E-state index is -0.141. The zero-order chi connectivity index (χ0) is 20.5. The van der Waals surface area contributed by atoms with Gasteiger partial charge in [0.05, 0.1) is 16.8 Å². The number of nitrogens with one attached hydrogen (secondary N) is 1. The molecule has 1 N–H and O–H groups in total. The topological polar surface area (TPSA) is 88.8 Å². The molecule has 1 saturated heterocycles. The first-order chi connectivity index (χ1) is 14.7. The van der Waals surface area contributed by atoms with Crippen molar-refractivity contribution < 1.29 is 4.79 Å². The van der Waals surface area contributed by atoms with E-state index >= 15 is 0 Å². The molecule has 0 bridgehead atoms. The van der Waals surface area contributed by atoms with Crippen molar-refractivity contribution >= 4 is 34.5 Å². The van der Waals surface area contributed by atoms with Gasteiger partial charge in [0, 0.05) is 24.5 Å². The highest BCUT2D eigenvalue weighted by molar-refractivity contribution is 6.33. The molecule has 0 spiro atoms. The lowest BCUT2D eigenvalue weighted by atomic mass is 10.1. The molecular formula is C21H18ClN7O. The van der Waals surface area contributed by atoms with Crippen molar-refractivity contribution in [2.24, 2.45) is 0 Å². The molecule has 4 heterocycles. The van der Waals surface area contributed by atoms with Gasteiger partial charge in [0.2, 0.25) is 0 Å². The van der Waals surface area contributed by atoms with E-state index in [-0.39, 0.29) is 11.9 Å². The standard InChI is InChI=1S/C21H18ClN7O/c22-17-3-1-10-24-19(17)28(16-9-12-23-13-16)21(30)14-5-7-15(8-6-14)29-20-18(26-27-29)4-2-11-25-20/h1-8,10-11,16,23H,9,12-13H2/t16-/m0/s1. The number of pyridine rings is 2. The summed E-state index contributed by atoms with van der Waals surface area (Å²) in [6.07, 6.45) is 4.19. The number of hydrogen-bond donors (Lipinski definition) is 1. The maximum Gasteiger partial charge on any atom is 0.259 e. The molecule has 0 radical (unpaired) electrons. The van der Waals surface area contributed by atoms with E-state index in [2.05, 4.69) is 25.6 Å². The molecule has 1 fully saturated rings. The first-order valence-corrected chi connectivity index (χ1v) is 10.0. The van der Waals surface area contributed by atoms with Crippen molar-refractivity contribution in [3.8, 4) is 5.69 Å². The summed E-state index contributed by atoms with van der Waals surface area (Å²) in [5, 5.41) is 12.1. The molecule has 5 rings (SSSR count). The van der Waals surface area contributed by atoms with Gasteiger partial charge >= 0.3 is 0 Å². The molecule has 1 aromatic carbocycles. The number of amides is 1. The van der Waals surface area contributed by atoms with Gasteiger partial charge in [0.1, 0.15) is 5.52 Å². The van der Waals surface area contributed by atoms with Crippen LogP contribution in [0.5, 0.6) is 0 Å². The summed E-state index contributed by atoms with van der Waals surface area (Å²) < 4.78 is 1.65. The number of carbonyl (C=O) groups is 1. The molecule has 150 valence electrons. The van der Waals surface area contributed by atoms with Crippen molar-refractivity contribution in [1.29, 1.82) is 0 Å². The zero-order valence-corrected chi connectivity index (χ0v) is 16.7. The van der Waals surface area contributed by atoms with Crippen LogP contribution in [-0.4, -0.2) is 50.0 Å². The molecule has 1 aliphatic rings. The normalized spacial score (nSPS) is 16.1. The van der Waals surface area contributed by atoms with Gasteiger partial charge in [-0.25, -0.2) is 9.97 Å². The first kappa shape index (κ1) is 18.7. The van der Waals surface area contributed by atoms with Crippen LogP contribution in [0, 0.1) is 0 Å². The fourth-order valence-electron chi connectivity index (χ4n) is 3.67. The lowest BCUT2D eigenvalue weighted by Crippen LogP contribution is -2.42. The van der Waals surface area contributed by atoms with Gasteiger partial charge in [-0.3, -0.25) is 9.69 Å². The predicted molar refractivity (Wildman–Crippen MR) is 114 cm³/mol. The molecule has 1 amide bonds. The minimum Gasteiger partial charge on any atom is -0.315 e. The molecule has 8 nitrogen and oxygen atoms in total. The summed E-state index contributed by atoms with van der Waals surface area (Å²) in [6, 6.07) is 14.4. The molecular weight excluding hydrogens is 402 g/mol. The van der Waals surface area contributed by atoms with E-state index in [0.29, 0.717) is 34.1 Å². The fourth-order valence-corrected chi connectivity index (χ4v) is 3.89. The van der Waals surface area contributed by atoms with E-state index in [4.69, 9.17) is 11.6 Å². The zero-order valence-electron chi connectivity index (χ0n) is 15.9. The van der Waals surface area contributed by atoms with Crippen molar-refractivity contribution in [2.75, 3.05) is 18.0 Å². The van der Waals surface area contributed by atoms with Gasteiger partial charge in [-0.05, 0) is 61.5 Å². The Morgan fingerprint density at radius 2 is 1.90 bits per heavy atom. The van der Waals surface area contributed by atoms with Crippen LogP contribution in [0.1, 0.15) is 16.8 Å². The largest absolute Gasteiger partial charge is 0.315 e. The highest BCUT2D eigenvalue weighted by Crippen LogP contribution is 2.28. The average Bonchev–Trinajstić information content (AvgIpc) is 3.46. The second-order valence-electron chi connectivity index (χ2n) is 7.02. The number of benzene rings is 1. The third kappa shape index (κ3) is 3.30. The van der Waals surface area contributed by atoms with E-state index in [1.54, 1.807) is 46.2 Å². The van der Waals surface area contributed by atoms with Crippen molar-refractivity contribution in [3.05, 3.63) is 71.5 Å². The summed E-state index contributed by atoms with van der Waals surface area (Å²) in [5.41, 5.74) is 2.69. The molecule has 1 atom stereocenters. The van der Waals surface area contributed by atoms with Gasteiger partial charge < -0.3 is 5.32 Å². The van der Waals surface area contributed by atoms with Gasteiger partial charge in [-0.15, -0.1) is 5.10 Å². The molecule has 1 aliphatic heterocycles. The van der Waals surface area contributed by atoms with Crippen LogP contribution in [-0.2, 0) is 0 Å². The number of carbonyl (C=O) groups excluding carboxylic acids is 1. The summed E-state index contributed by atoms with van der Waals surface area (Å²) in [5.74, 6) is 0.339. The number of aromatic nitrogens is 5. The van der Waals surface area contributed by atoms with Crippen molar-refractivity contribution in [3.63, 3.8) is 0 Å². The Hall–Kier alpha value is -3.36. The van der Waals surface area contributed by atoms with Gasteiger partial charge in [-0.1, -0.05) is 16.8 Å². The van der Waals surface area contributed by atoms with Crippen LogP contribution < -0.4 is 10.2 Å².